The molecular weight excluding hydrogens is 234 g/mol. The highest BCUT2D eigenvalue weighted by atomic mass is 16.3. The van der Waals surface area contributed by atoms with Crippen LogP contribution in [0.25, 0.3) is 0 Å². The van der Waals surface area contributed by atoms with E-state index in [2.05, 4.69) is 55.6 Å². The van der Waals surface area contributed by atoms with Crippen LogP contribution in [0, 0.1) is 13.8 Å². The van der Waals surface area contributed by atoms with E-state index in [0.717, 1.165) is 11.3 Å². The minimum Gasteiger partial charge on any atom is -0.394 e. The topological polar surface area (TPSA) is 32.3 Å². The fraction of sp³-hybridized carbons (Fsp3) is 0.294. The molecule has 0 bridgehead atoms. The molecule has 0 spiro atoms. The molecule has 1 unspecified atom stereocenters. The highest BCUT2D eigenvalue weighted by Gasteiger charge is 2.25. The summed E-state index contributed by atoms with van der Waals surface area (Å²) in [6, 6.07) is 16.5. The van der Waals surface area contributed by atoms with Gasteiger partial charge in [0.15, 0.2) is 0 Å². The highest BCUT2D eigenvalue weighted by Crippen LogP contribution is 2.26. The minimum absolute atomic E-state index is 0.0456. The van der Waals surface area contributed by atoms with Crippen LogP contribution in [0.4, 0.5) is 5.69 Å². The lowest BCUT2D eigenvalue weighted by molar-refractivity contribution is 0.224. The quantitative estimate of drug-likeness (QED) is 0.874. The fourth-order valence-electron chi connectivity index (χ4n) is 2.08. The summed E-state index contributed by atoms with van der Waals surface area (Å²) >= 11 is 0. The first-order valence-electron chi connectivity index (χ1n) is 6.56. The summed E-state index contributed by atoms with van der Waals surface area (Å²) in [5.74, 6) is 0. The number of aliphatic hydroxyl groups is 1. The third kappa shape index (κ3) is 3.15. The largest absolute Gasteiger partial charge is 0.394 e. The van der Waals surface area contributed by atoms with E-state index in [-0.39, 0.29) is 6.61 Å². The Morgan fingerprint density at radius 3 is 1.84 bits per heavy atom. The average Bonchev–Trinajstić information content (AvgIpc) is 2.42. The van der Waals surface area contributed by atoms with Crippen molar-refractivity contribution in [3.05, 3.63) is 65.2 Å². The Hall–Kier alpha value is -1.80. The number of rotatable bonds is 4. The van der Waals surface area contributed by atoms with E-state index < -0.39 is 5.54 Å². The van der Waals surface area contributed by atoms with E-state index in [1.54, 1.807) is 0 Å². The molecule has 0 saturated heterocycles. The van der Waals surface area contributed by atoms with E-state index in [0.29, 0.717) is 0 Å². The molecule has 0 aliphatic heterocycles. The van der Waals surface area contributed by atoms with Gasteiger partial charge in [-0.15, -0.1) is 0 Å². The molecule has 2 nitrogen and oxygen atoms in total. The van der Waals surface area contributed by atoms with E-state index in [1.165, 1.54) is 11.1 Å². The van der Waals surface area contributed by atoms with Crippen LogP contribution < -0.4 is 5.32 Å². The Labute approximate surface area is 115 Å². The number of nitrogens with one attached hydrogen (secondary N) is 1. The second kappa shape index (κ2) is 5.45. The third-order valence-corrected chi connectivity index (χ3v) is 3.48. The maximum absolute atomic E-state index is 9.76. The van der Waals surface area contributed by atoms with Crippen LogP contribution in [0.5, 0.6) is 0 Å². The molecule has 100 valence electrons. The third-order valence-electron chi connectivity index (χ3n) is 3.48. The van der Waals surface area contributed by atoms with E-state index in [1.807, 2.05) is 19.1 Å². The smallest absolute Gasteiger partial charge is 0.0828 e. The van der Waals surface area contributed by atoms with Gasteiger partial charge < -0.3 is 10.4 Å². The predicted molar refractivity (Wildman–Crippen MR) is 80.4 cm³/mol. The van der Waals surface area contributed by atoms with Gasteiger partial charge in [-0.3, -0.25) is 0 Å². The Balaban J connectivity index is 2.27. The standard InChI is InChI=1S/C17H21NO/c1-13-4-8-15(9-5-13)17(3,12-19)18-16-10-6-14(2)7-11-16/h4-11,18-19H,12H2,1-3H3. The molecule has 0 aromatic heterocycles. The van der Waals surface area contributed by atoms with Gasteiger partial charge in [-0.25, -0.2) is 0 Å². The fourth-order valence-corrected chi connectivity index (χ4v) is 2.08. The predicted octanol–water partition coefficient (Wildman–Crippen LogP) is 3.62. The second-order valence-corrected chi connectivity index (χ2v) is 5.35. The summed E-state index contributed by atoms with van der Waals surface area (Å²) in [4.78, 5) is 0. The number of aliphatic hydroxyl groups excluding tert-OH is 1. The molecule has 2 N–H and O–H groups in total. The number of hydrogen-bond acceptors (Lipinski definition) is 2. The van der Waals surface area contributed by atoms with Crippen molar-refractivity contribution in [1.29, 1.82) is 0 Å². The van der Waals surface area contributed by atoms with Crippen molar-refractivity contribution in [2.75, 3.05) is 11.9 Å². The van der Waals surface area contributed by atoms with Crippen molar-refractivity contribution < 1.29 is 5.11 Å². The van der Waals surface area contributed by atoms with E-state index in [4.69, 9.17) is 0 Å². The van der Waals surface area contributed by atoms with Crippen molar-refractivity contribution in [2.45, 2.75) is 26.3 Å². The summed E-state index contributed by atoms with van der Waals surface area (Å²) in [6.07, 6.45) is 0. The zero-order valence-electron chi connectivity index (χ0n) is 11.8. The molecule has 0 aliphatic rings. The van der Waals surface area contributed by atoms with Crippen molar-refractivity contribution in [3.63, 3.8) is 0 Å². The molecule has 0 fully saturated rings. The lowest BCUT2D eigenvalue weighted by Gasteiger charge is -2.30. The first-order valence-corrected chi connectivity index (χ1v) is 6.56. The number of hydrogen-bond donors (Lipinski definition) is 2. The molecule has 0 radical (unpaired) electrons. The van der Waals surface area contributed by atoms with Gasteiger partial charge >= 0.3 is 0 Å². The SMILES string of the molecule is Cc1ccc(NC(C)(CO)c2ccc(C)cc2)cc1. The van der Waals surface area contributed by atoms with E-state index >= 15 is 0 Å². The van der Waals surface area contributed by atoms with Gasteiger partial charge in [-0.1, -0.05) is 47.5 Å². The number of benzene rings is 2. The van der Waals surface area contributed by atoms with Crippen LogP contribution in [-0.2, 0) is 5.54 Å². The van der Waals surface area contributed by atoms with E-state index in [9.17, 15) is 5.11 Å². The number of anilines is 1. The molecular formula is C17H21NO. The zero-order valence-corrected chi connectivity index (χ0v) is 11.8. The van der Waals surface area contributed by atoms with Gasteiger partial charge in [-0.2, -0.15) is 0 Å². The van der Waals surface area contributed by atoms with Crippen LogP contribution in [0.1, 0.15) is 23.6 Å². The van der Waals surface area contributed by atoms with Crippen LogP contribution in [0.3, 0.4) is 0 Å². The zero-order chi connectivity index (χ0) is 13.9. The summed E-state index contributed by atoms with van der Waals surface area (Å²) < 4.78 is 0. The van der Waals surface area contributed by atoms with Crippen molar-refractivity contribution >= 4 is 5.69 Å². The van der Waals surface area contributed by atoms with Crippen LogP contribution in [0.2, 0.25) is 0 Å². The molecule has 2 heteroatoms. The summed E-state index contributed by atoms with van der Waals surface area (Å²) in [7, 11) is 0. The van der Waals surface area contributed by atoms with Crippen LogP contribution in [0.15, 0.2) is 48.5 Å². The Kier molecular flexibility index (Phi) is 3.91. The maximum Gasteiger partial charge on any atom is 0.0828 e. The van der Waals surface area contributed by atoms with Crippen molar-refractivity contribution in [1.82, 2.24) is 0 Å². The van der Waals surface area contributed by atoms with Crippen LogP contribution in [-0.4, -0.2) is 11.7 Å². The summed E-state index contributed by atoms with van der Waals surface area (Å²) in [5, 5.41) is 13.2. The highest BCUT2D eigenvalue weighted by molar-refractivity contribution is 5.49. The molecule has 2 aromatic rings. The lowest BCUT2D eigenvalue weighted by Crippen LogP contribution is -2.35. The van der Waals surface area contributed by atoms with Gasteiger partial charge in [0.1, 0.15) is 0 Å². The van der Waals surface area contributed by atoms with Gasteiger partial charge in [0, 0.05) is 5.69 Å². The first-order chi connectivity index (χ1) is 9.03. The van der Waals surface area contributed by atoms with Crippen molar-refractivity contribution in [2.24, 2.45) is 0 Å². The Morgan fingerprint density at radius 1 is 0.895 bits per heavy atom. The van der Waals surface area contributed by atoms with Gasteiger partial charge in [0.05, 0.1) is 12.1 Å². The molecule has 0 heterocycles. The molecule has 0 aliphatic carbocycles. The maximum atomic E-state index is 9.76. The normalized spacial score (nSPS) is 13.9. The molecule has 1 atom stereocenters. The molecule has 2 aromatic carbocycles. The van der Waals surface area contributed by atoms with Gasteiger partial charge in [0.2, 0.25) is 0 Å². The monoisotopic (exact) mass is 255 g/mol. The summed E-state index contributed by atoms with van der Waals surface area (Å²) in [6.45, 7) is 6.18. The molecule has 19 heavy (non-hydrogen) atoms. The van der Waals surface area contributed by atoms with Crippen molar-refractivity contribution in [3.8, 4) is 0 Å². The molecule has 2 rings (SSSR count). The molecule has 0 saturated carbocycles. The van der Waals surface area contributed by atoms with Crippen LogP contribution >= 0.6 is 0 Å². The van der Waals surface area contributed by atoms with Gasteiger partial charge in [-0.05, 0) is 38.5 Å². The second-order valence-electron chi connectivity index (χ2n) is 5.35. The molecule has 0 amide bonds. The Bertz CT molecular complexity index is 530. The minimum atomic E-state index is -0.469. The number of aryl methyl sites for hydroxylation is 2. The Morgan fingerprint density at radius 2 is 1.37 bits per heavy atom. The summed E-state index contributed by atoms with van der Waals surface area (Å²) in [5.41, 5.74) is 4.08. The van der Waals surface area contributed by atoms with Gasteiger partial charge in [0.25, 0.3) is 0 Å². The lowest BCUT2D eigenvalue weighted by atomic mass is 9.91. The first kappa shape index (κ1) is 13.6. The average molecular weight is 255 g/mol.